The zero-order chi connectivity index (χ0) is 18.7. The number of hydrogen-bond acceptors (Lipinski definition) is 1. The number of carboxylic acid groups (broad SMARTS) is 1. The van der Waals surface area contributed by atoms with Gasteiger partial charge in [0.2, 0.25) is 0 Å². The Balaban J connectivity index is 1.67. The highest BCUT2D eigenvalue weighted by molar-refractivity contribution is 5.66. The highest BCUT2D eigenvalue weighted by Crippen LogP contribution is 2.69. The van der Waals surface area contributed by atoms with Crippen LogP contribution in [0.3, 0.4) is 0 Å². The fourth-order valence-electron chi connectivity index (χ4n) is 7.63. The summed E-state index contributed by atoms with van der Waals surface area (Å²) in [5, 5.41) is 9.20. The molecule has 3 saturated carbocycles. The van der Waals surface area contributed by atoms with Crippen LogP contribution in [-0.4, -0.2) is 11.1 Å². The van der Waals surface area contributed by atoms with E-state index in [0.29, 0.717) is 23.2 Å². The molecular formula is C24H34O2. The van der Waals surface area contributed by atoms with Crippen molar-refractivity contribution in [1.82, 2.24) is 0 Å². The van der Waals surface area contributed by atoms with Crippen molar-refractivity contribution in [2.75, 3.05) is 0 Å². The maximum Gasteiger partial charge on any atom is 0.303 e. The molecule has 142 valence electrons. The Morgan fingerprint density at radius 3 is 2.73 bits per heavy atom. The predicted octanol–water partition coefficient (Wildman–Crippen LogP) is 6.15. The first-order valence-electron chi connectivity index (χ1n) is 10.6. The summed E-state index contributed by atoms with van der Waals surface area (Å²) in [6.45, 7) is 13.8. The first kappa shape index (κ1) is 18.1. The van der Waals surface area contributed by atoms with E-state index in [2.05, 4.69) is 33.1 Å². The van der Waals surface area contributed by atoms with Gasteiger partial charge in [0.25, 0.3) is 0 Å². The largest absolute Gasteiger partial charge is 0.481 e. The molecule has 0 aromatic rings. The molecule has 3 fully saturated rings. The molecule has 0 aliphatic heterocycles. The van der Waals surface area contributed by atoms with E-state index in [1.54, 1.807) is 5.57 Å². The van der Waals surface area contributed by atoms with Gasteiger partial charge in [-0.05, 0) is 97.0 Å². The van der Waals surface area contributed by atoms with Crippen molar-refractivity contribution in [1.29, 1.82) is 0 Å². The molecule has 0 spiro atoms. The third-order valence-corrected chi connectivity index (χ3v) is 8.89. The summed E-state index contributed by atoms with van der Waals surface area (Å²) in [6.07, 6.45) is 12.5. The van der Waals surface area contributed by atoms with E-state index in [4.69, 9.17) is 0 Å². The van der Waals surface area contributed by atoms with Crippen LogP contribution in [0, 0.1) is 34.5 Å². The van der Waals surface area contributed by atoms with Gasteiger partial charge in [-0.3, -0.25) is 4.79 Å². The summed E-state index contributed by atoms with van der Waals surface area (Å²) in [4.78, 5) is 11.2. The monoisotopic (exact) mass is 354 g/mol. The lowest BCUT2D eigenvalue weighted by Crippen LogP contribution is -2.50. The van der Waals surface area contributed by atoms with E-state index in [-0.39, 0.29) is 11.8 Å². The van der Waals surface area contributed by atoms with Crippen molar-refractivity contribution in [3.63, 3.8) is 0 Å². The fourth-order valence-corrected chi connectivity index (χ4v) is 7.63. The third-order valence-electron chi connectivity index (χ3n) is 8.89. The van der Waals surface area contributed by atoms with Gasteiger partial charge in [0, 0.05) is 6.42 Å². The van der Waals surface area contributed by atoms with Gasteiger partial charge in [-0.2, -0.15) is 0 Å². The van der Waals surface area contributed by atoms with Crippen molar-refractivity contribution in [3.8, 4) is 0 Å². The molecule has 6 atom stereocenters. The number of hydrogen-bond donors (Lipinski definition) is 1. The van der Waals surface area contributed by atoms with Crippen molar-refractivity contribution in [3.05, 3.63) is 36.0 Å². The Labute approximate surface area is 158 Å². The van der Waals surface area contributed by atoms with E-state index in [9.17, 15) is 9.90 Å². The minimum atomic E-state index is -0.689. The first-order valence-corrected chi connectivity index (χ1v) is 10.6. The van der Waals surface area contributed by atoms with Crippen LogP contribution in [0.2, 0.25) is 0 Å². The van der Waals surface area contributed by atoms with Gasteiger partial charge >= 0.3 is 5.97 Å². The van der Waals surface area contributed by atoms with Crippen LogP contribution >= 0.6 is 0 Å². The number of carboxylic acids is 1. The Morgan fingerprint density at radius 1 is 1.23 bits per heavy atom. The van der Waals surface area contributed by atoms with Crippen molar-refractivity contribution < 1.29 is 9.90 Å². The van der Waals surface area contributed by atoms with E-state index in [0.717, 1.165) is 17.9 Å². The molecule has 0 heterocycles. The lowest BCUT2D eigenvalue weighted by molar-refractivity contribution is -0.137. The molecule has 0 aromatic carbocycles. The van der Waals surface area contributed by atoms with Crippen LogP contribution in [0.5, 0.6) is 0 Å². The summed E-state index contributed by atoms with van der Waals surface area (Å²) in [5.74, 6) is 1.59. The second-order valence-electron chi connectivity index (χ2n) is 9.91. The third kappa shape index (κ3) is 2.40. The Kier molecular flexibility index (Phi) is 4.24. The Hall–Kier alpha value is -1.31. The molecule has 4 aliphatic rings. The zero-order valence-corrected chi connectivity index (χ0v) is 16.5. The van der Waals surface area contributed by atoms with Crippen LogP contribution in [0.1, 0.15) is 71.6 Å². The number of fused-ring (bicyclic) bond motifs is 5. The highest BCUT2D eigenvalue weighted by Gasteiger charge is 2.60. The van der Waals surface area contributed by atoms with Gasteiger partial charge in [-0.15, -0.1) is 0 Å². The van der Waals surface area contributed by atoms with Crippen LogP contribution in [0.4, 0.5) is 0 Å². The van der Waals surface area contributed by atoms with Crippen LogP contribution in [0.25, 0.3) is 0 Å². The standard InChI is InChI=1S/C24H34O2/c1-15-16(2)22-18-9-8-17-7-5-6-13-23(17,3)20(18)12-14-24(22,4)19(15)10-11-21(25)26/h7,18-20,22H,1-2,5-6,8-14H2,3-4H3,(H,25,26)/t18-,19-,20+,22+,23+,24-/m1/s1. The quantitative estimate of drug-likeness (QED) is 0.617. The van der Waals surface area contributed by atoms with Gasteiger partial charge in [-0.1, -0.05) is 38.7 Å². The van der Waals surface area contributed by atoms with Gasteiger partial charge < -0.3 is 5.11 Å². The molecule has 0 saturated heterocycles. The van der Waals surface area contributed by atoms with Crippen molar-refractivity contribution in [2.45, 2.75) is 71.6 Å². The first-order chi connectivity index (χ1) is 12.3. The number of allylic oxidation sites excluding steroid dienone is 4. The average molecular weight is 355 g/mol. The molecule has 1 N–H and O–H groups in total. The van der Waals surface area contributed by atoms with E-state index in [1.807, 2.05) is 0 Å². The minimum absolute atomic E-state index is 0.164. The molecule has 4 rings (SSSR count). The van der Waals surface area contributed by atoms with Crippen LogP contribution in [-0.2, 0) is 4.79 Å². The minimum Gasteiger partial charge on any atom is -0.481 e. The maximum atomic E-state index is 11.2. The number of rotatable bonds is 3. The molecule has 4 aliphatic carbocycles. The van der Waals surface area contributed by atoms with E-state index >= 15 is 0 Å². The van der Waals surface area contributed by atoms with Crippen LogP contribution < -0.4 is 0 Å². The predicted molar refractivity (Wildman–Crippen MR) is 106 cm³/mol. The smallest absolute Gasteiger partial charge is 0.303 e. The summed E-state index contributed by atoms with van der Waals surface area (Å²) in [7, 11) is 0. The normalized spacial score (nSPS) is 44.8. The van der Waals surface area contributed by atoms with Crippen molar-refractivity contribution >= 4 is 5.97 Å². The SMILES string of the molecule is C=C1C(=C)[C@H]2[C@@H]3CCC4=CCCC[C@]4(C)[C@H]3CC[C@]2(C)[C@@H]1CCC(=O)O. The van der Waals surface area contributed by atoms with Gasteiger partial charge in [-0.25, -0.2) is 0 Å². The topological polar surface area (TPSA) is 37.3 Å². The number of carbonyl (C=O) groups is 1. The van der Waals surface area contributed by atoms with Crippen molar-refractivity contribution in [2.24, 2.45) is 34.5 Å². The van der Waals surface area contributed by atoms with Gasteiger partial charge in [0.15, 0.2) is 0 Å². The zero-order valence-electron chi connectivity index (χ0n) is 16.5. The lowest BCUT2D eigenvalue weighted by atomic mass is 9.46. The molecule has 0 aromatic heterocycles. The lowest BCUT2D eigenvalue weighted by Gasteiger charge is -2.58. The van der Waals surface area contributed by atoms with Gasteiger partial charge in [0.05, 0.1) is 0 Å². The molecule has 0 radical (unpaired) electrons. The van der Waals surface area contributed by atoms with Gasteiger partial charge in [0.1, 0.15) is 0 Å². The summed E-state index contributed by atoms with van der Waals surface area (Å²) < 4.78 is 0. The van der Waals surface area contributed by atoms with E-state index < -0.39 is 5.97 Å². The second kappa shape index (κ2) is 6.11. The summed E-state index contributed by atoms with van der Waals surface area (Å²) in [5.41, 5.74) is 4.71. The average Bonchev–Trinajstić information content (AvgIpc) is 2.78. The van der Waals surface area contributed by atoms with Crippen LogP contribution in [0.15, 0.2) is 36.0 Å². The molecule has 0 bridgehead atoms. The Morgan fingerprint density at radius 2 is 2.00 bits per heavy atom. The Bertz CT molecular complexity index is 686. The maximum absolute atomic E-state index is 11.2. The number of aliphatic carboxylic acids is 1. The highest BCUT2D eigenvalue weighted by atomic mass is 16.4. The molecule has 0 amide bonds. The second-order valence-corrected chi connectivity index (χ2v) is 9.91. The molecule has 2 nitrogen and oxygen atoms in total. The molecule has 26 heavy (non-hydrogen) atoms. The fraction of sp³-hybridized carbons (Fsp3) is 0.708. The summed E-state index contributed by atoms with van der Waals surface area (Å²) in [6, 6.07) is 0. The molecular weight excluding hydrogens is 320 g/mol. The van der Waals surface area contributed by atoms with E-state index in [1.165, 1.54) is 50.5 Å². The summed E-state index contributed by atoms with van der Waals surface area (Å²) >= 11 is 0. The molecule has 0 unspecified atom stereocenters. The molecule has 2 heteroatoms.